The minimum Gasteiger partial charge on any atom is -0.427 e. The summed E-state index contributed by atoms with van der Waals surface area (Å²) in [5.74, 6) is -0.241. The number of carbonyl (C=O) groups is 1. The average Bonchev–Trinajstić information content (AvgIpc) is 2.13. The van der Waals surface area contributed by atoms with Gasteiger partial charge in [-0.2, -0.15) is 8.42 Å². The molecule has 0 saturated heterocycles. The summed E-state index contributed by atoms with van der Waals surface area (Å²) in [5, 5.41) is 0. The molecular formula is C12H16O5S. The maximum Gasteiger partial charge on any atom is 0.308 e. The molecule has 1 aromatic rings. The second kappa shape index (κ2) is 4.70. The molecule has 0 heterocycles. The van der Waals surface area contributed by atoms with Crippen molar-refractivity contribution in [2.24, 2.45) is 0 Å². The zero-order chi connectivity index (χ0) is 14.1. The normalized spacial score (nSPS) is 12.3. The second-order valence-electron chi connectivity index (χ2n) is 4.98. The van der Waals surface area contributed by atoms with Gasteiger partial charge in [-0.3, -0.25) is 9.35 Å². The predicted molar refractivity (Wildman–Crippen MR) is 66.3 cm³/mol. The van der Waals surface area contributed by atoms with Crippen LogP contribution in [0.15, 0.2) is 23.1 Å². The van der Waals surface area contributed by atoms with E-state index in [4.69, 9.17) is 4.74 Å². The van der Waals surface area contributed by atoms with Crippen LogP contribution in [0.3, 0.4) is 0 Å². The van der Waals surface area contributed by atoms with Gasteiger partial charge in [-0.05, 0) is 29.2 Å². The Morgan fingerprint density at radius 2 is 1.83 bits per heavy atom. The van der Waals surface area contributed by atoms with E-state index in [2.05, 4.69) is 0 Å². The van der Waals surface area contributed by atoms with Crippen LogP contribution in [0.1, 0.15) is 33.3 Å². The van der Waals surface area contributed by atoms with Crippen molar-refractivity contribution in [3.63, 3.8) is 0 Å². The molecule has 1 rings (SSSR count). The molecule has 0 saturated carbocycles. The van der Waals surface area contributed by atoms with Gasteiger partial charge in [-0.25, -0.2) is 0 Å². The summed E-state index contributed by atoms with van der Waals surface area (Å²) in [4.78, 5) is 10.7. The van der Waals surface area contributed by atoms with E-state index >= 15 is 0 Å². The molecule has 18 heavy (non-hydrogen) atoms. The highest BCUT2D eigenvalue weighted by Crippen LogP contribution is 2.32. The lowest BCUT2D eigenvalue weighted by molar-refractivity contribution is -0.131. The van der Waals surface area contributed by atoms with Gasteiger partial charge in [0.15, 0.2) is 0 Å². The van der Waals surface area contributed by atoms with Crippen LogP contribution in [-0.4, -0.2) is 18.9 Å². The molecule has 5 nitrogen and oxygen atoms in total. The SMILES string of the molecule is CC(=O)Oc1ccc(S(=O)(=O)O)c(C(C)(C)C)c1. The molecule has 0 aliphatic carbocycles. The summed E-state index contributed by atoms with van der Waals surface area (Å²) < 4.78 is 36.6. The van der Waals surface area contributed by atoms with E-state index in [1.165, 1.54) is 25.1 Å². The predicted octanol–water partition coefficient (Wildman–Crippen LogP) is 2.16. The van der Waals surface area contributed by atoms with Crippen LogP contribution < -0.4 is 4.74 Å². The number of ether oxygens (including phenoxy) is 1. The van der Waals surface area contributed by atoms with Crippen molar-refractivity contribution in [3.8, 4) is 5.75 Å². The van der Waals surface area contributed by atoms with E-state index in [-0.39, 0.29) is 10.6 Å². The highest BCUT2D eigenvalue weighted by molar-refractivity contribution is 7.85. The molecule has 0 spiro atoms. The third-order valence-corrected chi connectivity index (χ3v) is 3.21. The Kier molecular flexibility index (Phi) is 3.83. The lowest BCUT2D eigenvalue weighted by atomic mass is 9.87. The molecule has 0 unspecified atom stereocenters. The summed E-state index contributed by atoms with van der Waals surface area (Å²) in [6.07, 6.45) is 0. The highest BCUT2D eigenvalue weighted by atomic mass is 32.2. The van der Waals surface area contributed by atoms with Crippen LogP contribution >= 0.6 is 0 Å². The van der Waals surface area contributed by atoms with Crippen LogP contribution in [0, 0.1) is 0 Å². The van der Waals surface area contributed by atoms with E-state index in [0.717, 1.165) is 0 Å². The molecule has 1 aromatic carbocycles. The quantitative estimate of drug-likeness (QED) is 0.507. The van der Waals surface area contributed by atoms with Crippen molar-refractivity contribution < 1.29 is 22.5 Å². The van der Waals surface area contributed by atoms with Gasteiger partial charge in [0.05, 0.1) is 4.90 Å². The maximum atomic E-state index is 11.3. The molecule has 0 radical (unpaired) electrons. The number of hydrogen-bond acceptors (Lipinski definition) is 4. The van der Waals surface area contributed by atoms with Crippen molar-refractivity contribution in [3.05, 3.63) is 23.8 Å². The Morgan fingerprint density at radius 1 is 1.28 bits per heavy atom. The number of benzene rings is 1. The Morgan fingerprint density at radius 3 is 2.22 bits per heavy atom. The van der Waals surface area contributed by atoms with Gasteiger partial charge in [0.1, 0.15) is 5.75 Å². The molecule has 0 atom stereocenters. The molecule has 0 aliphatic heterocycles. The zero-order valence-electron chi connectivity index (χ0n) is 10.7. The first-order valence-corrected chi connectivity index (χ1v) is 6.76. The molecule has 0 fully saturated rings. The van der Waals surface area contributed by atoms with Gasteiger partial charge in [-0.1, -0.05) is 20.8 Å². The molecule has 0 aliphatic rings. The fourth-order valence-electron chi connectivity index (χ4n) is 1.55. The van der Waals surface area contributed by atoms with Crippen LogP contribution in [0.2, 0.25) is 0 Å². The van der Waals surface area contributed by atoms with Crippen molar-refractivity contribution in [1.82, 2.24) is 0 Å². The first-order valence-electron chi connectivity index (χ1n) is 5.32. The number of rotatable bonds is 2. The minimum atomic E-state index is -4.30. The van der Waals surface area contributed by atoms with Gasteiger partial charge in [0.2, 0.25) is 0 Å². The van der Waals surface area contributed by atoms with Crippen LogP contribution in [0.25, 0.3) is 0 Å². The molecular weight excluding hydrogens is 256 g/mol. The van der Waals surface area contributed by atoms with E-state index in [0.29, 0.717) is 5.56 Å². The van der Waals surface area contributed by atoms with Crippen LogP contribution in [0.5, 0.6) is 5.75 Å². The van der Waals surface area contributed by atoms with Gasteiger partial charge >= 0.3 is 5.97 Å². The number of esters is 1. The fraction of sp³-hybridized carbons (Fsp3) is 0.417. The van der Waals surface area contributed by atoms with E-state index in [1.807, 2.05) is 0 Å². The van der Waals surface area contributed by atoms with E-state index < -0.39 is 21.5 Å². The lowest BCUT2D eigenvalue weighted by Gasteiger charge is -2.22. The highest BCUT2D eigenvalue weighted by Gasteiger charge is 2.25. The van der Waals surface area contributed by atoms with Crippen LogP contribution in [0.4, 0.5) is 0 Å². The summed E-state index contributed by atoms with van der Waals surface area (Å²) in [7, 11) is -4.30. The maximum absolute atomic E-state index is 11.3. The average molecular weight is 272 g/mol. The molecule has 0 aromatic heterocycles. The summed E-state index contributed by atoms with van der Waals surface area (Å²) in [5.41, 5.74) is -0.120. The standard InChI is InChI=1S/C12H16O5S/c1-8(13)17-9-5-6-11(18(14,15)16)10(7-9)12(2,3)4/h5-7H,1-4H3,(H,14,15,16). The summed E-state index contributed by atoms with van der Waals surface area (Å²) in [6, 6.07) is 4.01. The van der Waals surface area contributed by atoms with Crippen molar-refractivity contribution in [2.45, 2.75) is 38.0 Å². The first-order chi connectivity index (χ1) is 8.01. The van der Waals surface area contributed by atoms with Crippen LogP contribution in [-0.2, 0) is 20.3 Å². The van der Waals surface area contributed by atoms with Crippen molar-refractivity contribution >= 4 is 16.1 Å². The van der Waals surface area contributed by atoms with Crippen molar-refractivity contribution in [1.29, 1.82) is 0 Å². The summed E-state index contributed by atoms with van der Waals surface area (Å²) in [6.45, 7) is 6.66. The van der Waals surface area contributed by atoms with Gasteiger partial charge in [-0.15, -0.1) is 0 Å². The van der Waals surface area contributed by atoms with E-state index in [9.17, 15) is 17.8 Å². The number of carbonyl (C=O) groups excluding carboxylic acids is 1. The summed E-state index contributed by atoms with van der Waals surface area (Å²) >= 11 is 0. The van der Waals surface area contributed by atoms with E-state index in [1.54, 1.807) is 20.8 Å². The molecule has 1 N–H and O–H groups in total. The molecule has 0 bridgehead atoms. The monoisotopic (exact) mass is 272 g/mol. The molecule has 6 heteroatoms. The minimum absolute atomic E-state index is 0.175. The number of hydrogen-bond donors (Lipinski definition) is 1. The Hall–Kier alpha value is -1.40. The topological polar surface area (TPSA) is 80.7 Å². The first kappa shape index (κ1) is 14.7. The Bertz CT molecular complexity index is 567. The van der Waals surface area contributed by atoms with Gasteiger partial charge in [0.25, 0.3) is 10.1 Å². The smallest absolute Gasteiger partial charge is 0.308 e. The van der Waals surface area contributed by atoms with Gasteiger partial charge in [0, 0.05) is 6.92 Å². The Labute approximate surface area is 107 Å². The molecule has 100 valence electrons. The van der Waals surface area contributed by atoms with Gasteiger partial charge < -0.3 is 4.74 Å². The van der Waals surface area contributed by atoms with Crippen molar-refractivity contribution in [2.75, 3.05) is 0 Å². The molecule has 0 amide bonds. The largest absolute Gasteiger partial charge is 0.427 e. The fourth-order valence-corrected chi connectivity index (χ4v) is 2.43. The third-order valence-electron chi connectivity index (χ3n) is 2.30. The lowest BCUT2D eigenvalue weighted by Crippen LogP contribution is -2.17. The second-order valence-corrected chi connectivity index (χ2v) is 6.37. The third kappa shape index (κ3) is 3.54. The Balaban J connectivity index is 3.44. The zero-order valence-corrected chi connectivity index (χ0v) is 11.5.